The molecule has 1 aliphatic heterocycles. The van der Waals surface area contributed by atoms with Crippen LogP contribution in [0.3, 0.4) is 0 Å². The fourth-order valence-electron chi connectivity index (χ4n) is 3.42. The second kappa shape index (κ2) is 7.94. The minimum atomic E-state index is 0.0258. The molecule has 132 valence electrons. The number of ketones is 1. The standard InChI is InChI=1S/C22H22N2OS/c25-20(22-23-19-8-4-5-9-21(19)26-22)11-10-17-12-14-24(15-13-17)16-18-6-2-1-3-7-18/h1-11,17H,12-16H2. The monoisotopic (exact) mass is 362 g/mol. The van der Waals surface area contributed by atoms with Crippen LogP contribution in [0.2, 0.25) is 0 Å². The molecule has 3 aromatic rings. The van der Waals surface area contributed by atoms with Gasteiger partial charge in [0.1, 0.15) is 0 Å². The minimum Gasteiger partial charge on any atom is -0.299 e. The zero-order chi connectivity index (χ0) is 17.8. The van der Waals surface area contributed by atoms with E-state index in [0.29, 0.717) is 10.9 Å². The molecule has 1 saturated heterocycles. The molecule has 0 amide bonds. The van der Waals surface area contributed by atoms with Gasteiger partial charge in [0.25, 0.3) is 0 Å². The molecule has 0 radical (unpaired) electrons. The van der Waals surface area contributed by atoms with Gasteiger partial charge in [0.2, 0.25) is 5.78 Å². The topological polar surface area (TPSA) is 33.2 Å². The molecule has 4 heteroatoms. The Morgan fingerprint density at radius 3 is 2.58 bits per heavy atom. The zero-order valence-electron chi connectivity index (χ0n) is 14.7. The van der Waals surface area contributed by atoms with E-state index in [1.165, 1.54) is 16.9 Å². The smallest absolute Gasteiger partial charge is 0.214 e. The van der Waals surface area contributed by atoms with Crippen molar-refractivity contribution >= 4 is 27.3 Å². The van der Waals surface area contributed by atoms with E-state index in [-0.39, 0.29) is 5.78 Å². The number of piperidine rings is 1. The molecule has 0 atom stereocenters. The van der Waals surface area contributed by atoms with Crippen LogP contribution in [0.15, 0.2) is 66.7 Å². The van der Waals surface area contributed by atoms with Crippen LogP contribution in [0.4, 0.5) is 0 Å². The van der Waals surface area contributed by atoms with E-state index in [4.69, 9.17) is 0 Å². The second-order valence-electron chi connectivity index (χ2n) is 6.81. The van der Waals surface area contributed by atoms with Crippen LogP contribution in [-0.4, -0.2) is 28.8 Å². The first-order valence-corrected chi connectivity index (χ1v) is 9.94. The van der Waals surface area contributed by atoms with Gasteiger partial charge in [-0.1, -0.05) is 48.5 Å². The Hall–Kier alpha value is -2.30. The number of likely N-dealkylation sites (tertiary alicyclic amines) is 1. The molecule has 2 heterocycles. The average molecular weight is 362 g/mol. The minimum absolute atomic E-state index is 0.0258. The molecule has 1 aliphatic rings. The molecule has 0 unspecified atom stereocenters. The van der Waals surface area contributed by atoms with E-state index in [1.807, 2.05) is 24.3 Å². The van der Waals surface area contributed by atoms with Crippen molar-refractivity contribution in [3.63, 3.8) is 0 Å². The highest BCUT2D eigenvalue weighted by Gasteiger charge is 2.18. The summed E-state index contributed by atoms with van der Waals surface area (Å²) in [6.45, 7) is 3.18. The van der Waals surface area contributed by atoms with Gasteiger partial charge >= 0.3 is 0 Å². The summed E-state index contributed by atoms with van der Waals surface area (Å²) >= 11 is 1.47. The van der Waals surface area contributed by atoms with Gasteiger partial charge in [-0.15, -0.1) is 11.3 Å². The van der Waals surface area contributed by atoms with Crippen molar-refractivity contribution in [2.24, 2.45) is 5.92 Å². The van der Waals surface area contributed by atoms with Gasteiger partial charge in [-0.25, -0.2) is 4.98 Å². The van der Waals surface area contributed by atoms with Gasteiger partial charge in [0.05, 0.1) is 10.2 Å². The maximum absolute atomic E-state index is 12.4. The zero-order valence-corrected chi connectivity index (χ0v) is 15.5. The summed E-state index contributed by atoms with van der Waals surface area (Å²) < 4.78 is 1.07. The molecule has 0 aliphatic carbocycles. The van der Waals surface area contributed by atoms with E-state index in [1.54, 1.807) is 6.08 Å². The second-order valence-corrected chi connectivity index (χ2v) is 7.84. The summed E-state index contributed by atoms with van der Waals surface area (Å²) in [7, 11) is 0. The first kappa shape index (κ1) is 17.1. The van der Waals surface area contributed by atoms with Crippen molar-refractivity contribution in [1.29, 1.82) is 0 Å². The molecule has 0 saturated carbocycles. The van der Waals surface area contributed by atoms with E-state index in [9.17, 15) is 4.79 Å². The number of carbonyl (C=O) groups is 1. The van der Waals surface area contributed by atoms with E-state index < -0.39 is 0 Å². The van der Waals surface area contributed by atoms with Gasteiger partial charge in [-0.3, -0.25) is 9.69 Å². The van der Waals surface area contributed by atoms with Crippen LogP contribution < -0.4 is 0 Å². The molecule has 2 aromatic carbocycles. The average Bonchev–Trinajstić information content (AvgIpc) is 3.12. The number of rotatable bonds is 5. The summed E-state index contributed by atoms with van der Waals surface area (Å²) in [6, 6.07) is 18.5. The number of allylic oxidation sites excluding steroid dienone is 2. The van der Waals surface area contributed by atoms with E-state index in [0.717, 1.165) is 42.7 Å². The van der Waals surface area contributed by atoms with Gasteiger partial charge in [-0.2, -0.15) is 0 Å². The Labute approximate surface area is 158 Å². The highest BCUT2D eigenvalue weighted by Crippen LogP contribution is 2.23. The Bertz CT molecular complexity index is 875. The summed E-state index contributed by atoms with van der Waals surface area (Å²) in [5, 5.41) is 0.587. The van der Waals surface area contributed by atoms with Crippen molar-refractivity contribution in [3.05, 3.63) is 77.3 Å². The van der Waals surface area contributed by atoms with Gasteiger partial charge in [0, 0.05) is 6.54 Å². The Kier molecular flexibility index (Phi) is 5.23. The highest BCUT2D eigenvalue weighted by molar-refractivity contribution is 7.20. The van der Waals surface area contributed by atoms with Crippen molar-refractivity contribution < 1.29 is 4.79 Å². The number of para-hydroxylation sites is 1. The van der Waals surface area contributed by atoms with Gasteiger partial charge < -0.3 is 0 Å². The molecule has 1 aromatic heterocycles. The van der Waals surface area contributed by atoms with Crippen LogP contribution in [0, 0.1) is 5.92 Å². The quantitative estimate of drug-likeness (QED) is 0.476. The van der Waals surface area contributed by atoms with Crippen LogP contribution in [0.25, 0.3) is 10.2 Å². The number of thiazole rings is 1. The molecular formula is C22H22N2OS. The largest absolute Gasteiger partial charge is 0.299 e. The summed E-state index contributed by atoms with van der Waals surface area (Å²) in [6.07, 6.45) is 6.04. The summed E-state index contributed by atoms with van der Waals surface area (Å²) in [5.41, 5.74) is 2.27. The number of nitrogens with zero attached hydrogens (tertiary/aromatic N) is 2. The van der Waals surface area contributed by atoms with E-state index >= 15 is 0 Å². The fourth-order valence-corrected chi connectivity index (χ4v) is 4.30. The van der Waals surface area contributed by atoms with Gasteiger partial charge in [-0.05, 0) is 55.6 Å². The number of aromatic nitrogens is 1. The third kappa shape index (κ3) is 4.09. The number of benzene rings is 2. The normalized spacial score (nSPS) is 16.5. The van der Waals surface area contributed by atoms with Crippen molar-refractivity contribution in [2.75, 3.05) is 13.1 Å². The predicted molar refractivity (Wildman–Crippen MR) is 108 cm³/mol. The number of carbonyl (C=O) groups excluding carboxylic acids is 1. The molecule has 3 nitrogen and oxygen atoms in total. The lowest BCUT2D eigenvalue weighted by Gasteiger charge is -2.30. The number of fused-ring (bicyclic) bond motifs is 1. The lowest BCUT2D eigenvalue weighted by atomic mass is 9.95. The molecular weight excluding hydrogens is 340 g/mol. The number of hydrogen-bond donors (Lipinski definition) is 0. The van der Waals surface area contributed by atoms with Crippen LogP contribution >= 0.6 is 11.3 Å². The first-order valence-electron chi connectivity index (χ1n) is 9.12. The molecule has 0 N–H and O–H groups in total. The SMILES string of the molecule is O=C(C=CC1CCN(Cc2ccccc2)CC1)c1nc2ccccc2s1. The maximum atomic E-state index is 12.4. The summed E-state index contributed by atoms with van der Waals surface area (Å²) in [5.74, 6) is 0.512. The van der Waals surface area contributed by atoms with Crippen molar-refractivity contribution in [1.82, 2.24) is 9.88 Å². The molecule has 0 bridgehead atoms. The van der Waals surface area contributed by atoms with Crippen LogP contribution in [0.1, 0.15) is 28.2 Å². The predicted octanol–water partition coefficient (Wildman–Crippen LogP) is 4.95. The Morgan fingerprint density at radius 1 is 1.08 bits per heavy atom. The molecule has 26 heavy (non-hydrogen) atoms. The van der Waals surface area contributed by atoms with Crippen LogP contribution in [-0.2, 0) is 6.54 Å². The first-order chi connectivity index (χ1) is 12.8. The summed E-state index contributed by atoms with van der Waals surface area (Å²) in [4.78, 5) is 19.4. The lowest BCUT2D eigenvalue weighted by molar-refractivity contribution is 0.104. The molecule has 4 rings (SSSR count). The maximum Gasteiger partial charge on any atom is 0.214 e. The Morgan fingerprint density at radius 2 is 1.81 bits per heavy atom. The molecule has 1 fully saturated rings. The van der Waals surface area contributed by atoms with Crippen molar-refractivity contribution in [3.8, 4) is 0 Å². The lowest BCUT2D eigenvalue weighted by Crippen LogP contribution is -2.32. The number of hydrogen-bond acceptors (Lipinski definition) is 4. The van der Waals surface area contributed by atoms with Crippen LogP contribution in [0.5, 0.6) is 0 Å². The highest BCUT2D eigenvalue weighted by atomic mass is 32.1. The van der Waals surface area contributed by atoms with Crippen molar-refractivity contribution in [2.45, 2.75) is 19.4 Å². The molecule has 0 spiro atoms. The fraction of sp³-hybridized carbons (Fsp3) is 0.273. The third-order valence-corrected chi connectivity index (χ3v) is 5.96. The third-order valence-electron chi connectivity index (χ3n) is 4.91. The van der Waals surface area contributed by atoms with E-state index in [2.05, 4.69) is 46.3 Å². The Balaban J connectivity index is 1.31. The van der Waals surface area contributed by atoms with Gasteiger partial charge in [0.15, 0.2) is 5.01 Å².